The summed E-state index contributed by atoms with van der Waals surface area (Å²) in [5.74, 6) is 1.86. The van der Waals surface area contributed by atoms with Gasteiger partial charge in [0.25, 0.3) is 0 Å². The minimum atomic E-state index is 0.817. The highest BCUT2D eigenvalue weighted by Crippen LogP contribution is 2.45. The van der Waals surface area contributed by atoms with Crippen molar-refractivity contribution in [3.63, 3.8) is 0 Å². The fraction of sp³-hybridized carbons (Fsp3) is 0.538. The number of likely N-dealkylation sites (tertiary alicyclic amines) is 1. The topological polar surface area (TPSA) is 15.3 Å². The van der Waals surface area contributed by atoms with Crippen molar-refractivity contribution in [1.29, 1.82) is 0 Å². The Morgan fingerprint density at radius 1 is 1.20 bits per heavy atom. The quantitative estimate of drug-likeness (QED) is 0.795. The number of hydrogen-bond donors (Lipinski definition) is 1. The normalized spacial score (nSPS) is 34.1. The van der Waals surface area contributed by atoms with Gasteiger partial charge in [-0.15, -0.1) is 0 Å². The van der Waals surface area contributed by atoms with Crippen LogP contribution in [-0.2, 0) is 6.54 Å². The molecule has 1 N–H and O–H groups in total. The Balaban J connectivity index is 1.56. The number of hydrogen-bond acceptors (Lipinski definition) is 2. The Bertz CT molecular complexity index is 324. The first-order chi connectivity index (χ1) is 7.38. The molecule has 1 heterocycles. The molecule has 80 valence electrons. The Labute approximate surface area is 91.3 Å². The van der Waals surface area contributed by atoms with Crippen LogP contribution in [0, 0.1) is 11.8 Å². The minimum Gasteiger partial charge on any atom is -0.316 e. The number of rotatable bonds is 3. The van der Waals surface area contributed by atoms with E-state index >= 15 is 0 Å². The number of benzene rings is 1. The molecule has 2 heteroatoms. The second-order valence-electron chi connectivity index (χ2n) is 4.82. The van der Waals surface area contributed by atoms with Crippen LogP contribution >= 0.6 is 0 Å². The smallest absolute Gasteiger partial charge is 0.0233 e. The Morgan fingerprint density at radius 3 is 2.47 bits per heavy atom. The fourth-order valence-electron chi connectivity index (χ4n) is 3.01. The molecule has 1 saturated carbocycles. The van der Waals surface area contributed by atoms with Gasteiger partial charge in [0.2, 0.25) is 0 Å². The number of fused-ring (bicyclic) bond motifs is 1. The first-order valence-corrected chi connectivity index (χ1v) is 5.82. The zero-order valence-corrected chi connectivity index (χ0v) is 9.19. The maximum Gasteiger partial charge on any atom is 0.0233 e. The van der Waals surface area contributed by atoms with Crippen molar-refractivity contribution in [2.45, 2.75) is 12.6 Å². The molecule has 1 aliphatic carbocycles. The molecule has 0 unspecified atom stereocenters. The third-order valence-electron chi connectivity index (χ3n) is 3.85. The van der Waals surface area contributed by atoms with Gasteiger partial charge in [0.15, 0.2) is 0 Å². The first kappa shape index (κ1) is 9.37. The Kier molecular flexibility index (Phi) is 2.26. The van der Waals surface area contributed by atoms with Crippen LogP contribution < -0.4 is 5.32 Å². The van der Waals surface area contributed by atoms with Crippen LogP contribution in [0.15, 0.2) is 30.3 Å². The average Bonchev–Trinajstić information content (AvgIpc) is 2.75. The van der Waals surface area contributed by atoms with Crippen molar-refractivity contribution < 1.29 is 0 Å². The van der Waals surface area contributed by atoms with E-state index in [0.29, 0.717) is 0 Å². The summed E-state index contributed by atoms with van der Waals surface area (Å²) in [7, 11) is 2.09. The molecule has 2 aliphatic rings. The molecule has 2 atom stereocenters. The van der Waals surface area contributed by atoms with Gasteiger partial charge in [0.05, 0.1) is 0 Å². The summed E-state index contributed by atoms with van der Waals surface area (Å²) in [5.41, 5.74) is 1.44. The molecule has 1 aromatic carbocycles. The van der Waals surface area contributed by atoms with E-state index in [4.69, 9.17) is 0 Å². The van der Waals surface area contributed by atoms with E-state index in [-0.39, 0.29) is 0 Å². The van der Waals surface area contributed by atoms with Crippen molar-refractivity contribution in [2.24, 2.45) is 11.8 Å². The Morgan fingerprint density at radius 2 is 1.87 bits per heavy atom. The van der Waals surface area contributed by atoms with Crippen molar-refractivity contribution >= 4 is 0 Å². The van der Waals surface area contributed by atoms with Crippen LogP contribution in [-0.4, -0.2) is 31.1 Å². The van der Waals surface area contributed by atoms with Gasteiger partial charge in [-0.3, -0.25) is 4.90 Å². The molecule has 15 heavy (non-hydrogen) atoms. The summed E-state index contributed by atoms with van der Waals surface area (Å²) in [6.07, 6.45) is 0. The lowest BCUT2D eigenvalue weighted by Gasteiger charge is -2.19. The second kappa shape index (κ2) is 3.62. The highest BCUT2D eigenvalue weighted by molar-refractivity contribution is 5.16. The molecular formula is C13H18N2. The van der Waals surface area contributed by atoms with E-state index in [1.54, 1.807) is 0 Å². The van der Waals surface area contributed by atoms with Gasteiger partial charge in [0.1, 0.15) is 0 Å². The average molecular weight is 202 g/mol. The van der Waals surface area contributed by atoms with Crippen LogP contribution in [0.25, 0.3) is 0 Å². The molecule has 0 bridgehead atoms. The molecule has 2 nitrogen and oxygen atoms in total. The van der Waals surface area contributed by atoms with Crippen LogP contribution in [0.2, 0.25) is 0 Å². The molecule has 1 aromatic rings. The summed E-state index contributed by atoms with van der Waals surface area (Å²) in [6.45, 7) is 3.69. The maximum atomic E-state index is 3.40. The predicted octanol–water partition coefficient (Wildman–Crippen LogP) is 1.34. The van der Waals surface area contributed by atoms with Gasteiger partial charge < -0.3 is 5.32 Å². The number of nitrogens with one attached hydrogen (secondary N) is 1. The highest BCUT2D eigenvalue weighted by Gasteiger charge is 2.54. The zero-order chi connectivity index (χ0) is 10.3. The summed E-state index contributed by atoms with van der Waals surface area (Å²) < 4.78 is 0. The summed E-state index contributed by atoms with van der Waals surface area (Å²) in [4.78, 5) is 2.58. The molecular weight excluding hydrogens is 184 g/mol. The molecule has 0 amide bonds. The van der Waals surface area contributed by atoms with E-state index in [0.717, 1.165) is 24.4 Å². The fourth-order valence-corrected chi connectivity index (χ4v) is 3.01. The molecule has 0 spiro atoms. The summed E-state index contributed by atoms with van der Waals surface area (Å²) in [6, 6.07) is 11.6. The third-order valence-corrected chi connectivity index (χ3v) is 3.85. The van der Waals surface area contributed by atoms with Crippen molar-refractivity contribution in [3.05, 3.63) is 35.9 Å². The van der Waals surface area contributed by atoms with Gasteiger partial charge in [-0.1, -0.05) is 30.3 Å². The van der Waals surface area contributed by atoms with Gasteiger partial charge in [-0.2, -0.15) is 0 Å². The van der Waals surface area contributed by atoms with Crippen molar-refractivity contribution in [2.75, 3.05) is 20.1 Å². The second-order valence-corrected chi connectivity index (χ2v) is 4.82. The Hall–Kier alpha value is -0.860. The predicted molar refractivity (Wildman–Crippen MR) is 61.5 cm³/mol. The largest absolute Gasteiger partial charge is 0.316 e. The van der Waals surface area contributed by atoms with Crippen LogP contribution in [0.5, 0.6) is 0 Å². The lowest BCUT2D eigenvalue weighted by atomic mass is 10.2. The summed E-state index contributed by atoms with van der Waals surface area (Å²) >= 11 is 0. The van der Waals surface area contributed by atoms with Crippen LogP contribution in [0.4, 0.5) is 0 Å². The zero-order valence-electron chi connectivity index (χ0n) is 9.19. The molecule has 2 fully saturated rings. The molecule has 3 rings (SSSR count). The standard InChI is InChI=1S/C13H18N2/c1-14-13-11-8-15(9-12(11)13)7-10-5-3-2-4-6-10/h2-6,11-14H,7-9H2,1H3/t11-,12-/m1/s1. The molecule has 0 radical (unpaired) electrons. The van der Waals surface area contributed by atoms with Crippen LogP contribution in [0.1, 0.15) is 5.56 Å². The lowest BCUT2D eigenvalue weighted by Crippen LogP contribution is -2.29. The van der Waals surface area contributed by atoms with Crippen molar-refractivity contribution in [3.8, 4) is 0 Å². The van der Waals surface area contributed by atoms with Gasteiger partial charge >= 0.3 is 0 Å². The monoisotopic (exact) mass is 202 g/mol. The number of piperidine rings is 1. The molecule has 1 aliphatic heterocycles. The van der Waals surface area contributed by atoms with E-state index in [9.17, 15) is 0 Å². The molecule has 0 aromatic heterocycles. The maximum absolute atomic E-state index is 3.40. The molecule has 1 saturated heterocycles. The van der Waals surface area contributed by atoms with Crippen LogP contribution in [0.3, 0.4) is 0 Å². The van der Waals surface area contributed by atoms with E-state index < -0.39 is 0 Å². The number of nitrogens with zero attached hydrogens (tertiary/aromatic N) is 1. The highest BCUT2D eigenvalue weighted by atomic mass is 15.2. The van der Waals surface area contributed by atoms with E-state index in [2.05, 4.69) is 47.6 Å². The van der Waals surface area contributed by atoms with Gasteiger partial charge in [0, 0.05) is 25.7 Å². The SMILES string of the molecule is CNC1[C@@H]2CN(Cc3ccccc3)C[C@@H]12. The van der Waals surface area contributed by atoms with Gasteiger partial charge in [-0.05, 0) is 24.4 Å². The minimum absolute atomic E-state index is 0.817. The van der Waals surface area contributed by atoms with Gasteiger partial charge in [-0.25, -0.2) is 0 Å². The summed E-state index contributed by atoms with van der Waals surface area (Å²) in [5, 5.41) is 3.40. The van der Waals surface area contributed by atoms with Crippen molar-refractivity contribution in [1.82, 2.24) is 10.2 Å². The lowest BCUT2D eigenvalue weighted by molar-refractivity contribution is 0.284. The third kappa shape index (κ3) is 1.68. The van der Waals surface area contributed by atoms with E-state index in [1.165, 1.54) is 18.7 Å². The first-order valence-electron chi connectivity index (χ1n) is 5.82. The van der Waals surface area contributed by atoms with E-state index in [1.807, 2.05) is 0 Å².